The summed E-state index contributed by atoms with van der Waals surface area (Å²) in [5.74, 6) is 0. The van der Waals surface area contributed by atoms with Crippen LogP contribution in [0.25, 0.3) is 0 Å². The van der Waals surface area contributed by atoms with Gasteiger partial charge in [-0.15, -0.1) is 0 Å². The molecule has 1 aromatic carbocycles. The number of nitrogens with one attached hydrogen (secondary N) is 1. The smallest absolute Gasteiger partial charge is 0.00849 e. The Morgan fingerprint density at radius 3 is 2.59 bits per heavy atom. The second-order valence-electron chi connectivity index (χ2n) is 5.53. The molecule has 2 rings (SSSR count). The molecule has 0 amide bonds. The van der Waals surface area contributed by atoms with E-state index in [9.17, 15) is 0 Å². The fourth-order valence-corrected chi connectivity index (χ4v) is 2.71. The van der Waals surface area contributed by atoms with Crippen LogP contribution in [0.4, 0.5) is 0 Å². The highest BCUT2D eigenvalue weighted by molar-refractivity contribution is 5.22. The highest BCUT2D eigenvalue weighted by Crippen LogP contribution is 2.18. The second-order valence-corrected chi connectivity index (χ2v) is 5.53. The minimum atomic E-state index is 0.416. The van der Waals surface area contributed by atoms with Crippen molar-refractivity contribution in [1.29, 1.82) is 0 Å². The van der Waals surface area contributed by atoms with Crippen LogP contribution in [-0.4, -0.2) is 18.1 Å². The molecule has 1 saturated carbocycles. The first-order chi connectivity index (χ1) is 8.13. The Hall–Kier alpha value is -0.860. The predicted molar refractivity (Wildman–Crippen MR) is 73.1 cm³/mol. The van der Waals surface area contributed by atoms with Crippen LogP contribution in [0.3, 0.4) is 0 Å². The third-order valence-electron chi connectivity index (χ3n) is 3.66. The van der Waals surface area contributed by atoms with Gasteiger partial charge in [0.2, 0.25) is 0 Å². The van der Waals surface area contributed by atoms with Crippen LogP contribution in [0, 0.1) is 6.92 Å². The molecule has 3 atom stereocenters. The maximum absolute atomic E-state index is 5.93. The van der Waals surface area contributed by atoms with E-state index in [-0.39, 0.29) is 0 Å². The Labute approximate surface area is 105 Å². The molecule has 3 N–H and O–H groups in total. The lowest BCUT2D eigenvalue weighted by molar-refractivity contribution is 0.444. The molecule has 1 aliphatic rings. The topological polar surface area (TPSA) is 38.0 Å². The Morgan fingerprint density at radius 1 is 1.29 bits per heavy atom. The summed E-state index contributed by atoms with van der Waals surface area (Å²) in [6.45, 7) is 4.40. The van der Waals surface area contributed by atoms with Gasteiger partial charge in [0, 0.05) is 18.1 Å². The standard InChI is InChI=1S/C15H24N2/c1-11-3-5-13(6-4-11)9-12(2)17-15-8-7-14(16)10-15/h3-6,12,14-15,17H,7-10,16H2,1-2H3/t12?,14-,15+/m1/s1. The molecule has 0 spiro atoms. The lowest BCUT2D eigenvalue weighted by atomic mass is 10.0. The zero-order chi connectivity index (χ0) is 12.3. The van der Waals surface area contributed by atoms with Gasteiger partial charge in [-0.05, 0) is 45.1 Å². The molecule has 0 saturated heterocycles. The van der Waals surface area contributed by atoms with E-state index in [1.807, 2.05) is 0 Å². The highest BCUT2D eigenvalue weighted by atomic mass is 15.0. The number of benzene rings is 1. The number of nitrogens with two attached hydrogens (primary N) is 1. The summed E-state index contributed by atoms with van der Waals surface area (Å²) in [6.07, 6.45) is 4.65. The van der Waals surface area contributed by atoms with Gasteiger partial charge >= 0.3 is 0 Å². The molecular weight excluding hydrogens is 208 g/mol. The van der Waals surface area contributed by atoms with E-state index in [2.05, 4.69) is 43.4 Å². The van der Waals surface area contributed by atoms with Crippen LogP contribution in [0.2, 0.25) is 0 Å². The average molecular weight is 232 g/mol. The Kier molecular flexibility index (Phi) is 4.19. The van der Waals surface area contributed by atoms with Gasteiger partial charge in [0.1, 0.15) is 0 Å². The molecule has 0 radical (unpaired) electrons. The van der Waals surface area contributed by atoms with E-state index in [1.165, 1.54) is 24.0 Å². The first-order valence-electron chi connectivity index (χ1n) is 6.70. The minimum absolute atomic E-state index is 0.416. The van der Waals surface area contributed by atoms with Gasteiger partial charge in [-0.2, -0.15) is 0 Å². The number of hydrogen-bond acceptors (Lipinski definition) is 2. The van der Waals surface area contributed by atoms with Crippen molar-refractivity contribution in [3.05, 3.63) is 35.4 Å². The molecule has 0 aromatic heterocycles. The first-order valence-corrected chi connectivity index (χ1v) is 6.70. The van der Waals surface area contributed by atoms with Gasteiger partial charge in [0.15, 0.2) is 0 Å². The molecule has 94 valence electrons. The van der Waals surface area contributed by atoms with Crippen molar-refractivity contribution in [3.63, 3.8) is 0 Å². The van der Waals surface area contributed by atoms with Crippen LogP contribution in [0.1, 0.15) is 37.3 Å². The Balaban J connectivity index is 1.80. The summed E-state index contributed by atoms with van der Waals surface area (Å²) >= 11 is 0. The van der Waals surface area contributed by atoms with Crippen LogP contribution in [0.5, 0.6) is 0 Å². The van der Waals surface area contributed by atoms with Crippen molar-refractivity contribution in [2.24, 2.45) is 5.73 Å². The third kappa shape index (κ3) is 3.83. The summed E-state index contributed by atoms with van der Waals surface area (Å²) in [5, 5.41) is 3.69. The average Bonchev–Trinajstić information content (AvgIpc) is 2.67. The van der Waals surface area contributed by atoms with Crippen LogP contribution in [0.15, 0.2) is 24.3 Å². The summed E-state index contributed by atoms with van der Waals surface area (Å²) < 4.78 is 0. The maximum atomic E-state index is 5.93. The maximum Gasteiger partial charge on any atom is 0.00849 e. The summed E-state index contributed by atoms with van der Waals surface area (Å²) in [5.41, 5.74) is 8.67. The zero-order valence-electron chi connectivity index (χ0n) is 10.9. The Morgan fingerprint density at radius 2 is 2.00 bits per heavy atom. The molecule has 0 aliphatic heterocycles. The number of aryl methyl sites for hydroxylation is 1. The second kappa shape index (κ2) is 5.65. The van der Waals surface area contributed by atoms with Gasteiger partial charge < -0.3 is 11.1 Å². The van der Waals surface area contributed by atoms with E-state index in [1.54, 1.807) is 0 Å². The third-order valence-corrected chi connectivity index (χ3v) is 3.66. The molecular formula is C15H24N2. The molecule has 2 heteroatoms. The Bertz CT molecular complexity index is 344. The minimum Gasteiger partial charge on any atom is -0.328 e. The van der Waals surface area contributed by atoms with E-state index in [0.717, 1.165) is 12.8 Å². The normalized spacial score (nSPS) is 26.1. The molecule has 0 bridgehead atoms. The van der Waals surface area contributed by atoms with Gasteiger partial charge in [0.05, 0.1) is 0 Å². The van der Waals surface area contributed by atoms with Crippen molar-refractivity contribution in [2.45, 2.75) is 57.7 Å². The largest absolute Gasteiger partial charge is 0.328 e. The van der Waals surface area contributed by atoms with Crippen molar-refractivity contribution >= 4 is 0 Å². The summed E-state index contributed by atoms with van der Waals surface area (Å²) in [4.78, 5) is 0. The predicted octanol–water partition coefficient (Wildman–Crippen LogP) is 2.40. The molecule has 0 heterocycles. The van der Waals surface area contributed by atoms with E-state index in [0.29, 0.717) is 18.1 Å². The molecule has 1 aromatic rings. The number of hydrogen-bond donors (Lipinski definition) is 2. The zero-order valence-corrected chi connectivity index (χ0v) is 10.9. The molecule has 17 heavy (non-hydrogen) atoms. The molecule has 1 unspecified atom stereocenters. The van der Waals surface area contributed by atoms with Crippen LogP contribution >= 0.6 is 0 Å². The van der Waals surface area contributed by atoms with Crippen molar-refractivity contribution in [3.8, 4) is 0 Å². The highest BCUT2D eigenvalue weighted by Gasteiger charge is 2.22. The van der Waals surface area contributed by atoms with Gasteiger partial charge in [0.25, 0.3) is 0 Å². The molecule has 1 aliphatic carbocycles. The van der Waals surface area contributed by atoms with Gasteiger partial charge in [-0.25, -0.2) is 0 Å². The molecule has 1 fully saturated rings. The summed E-state index contributed by atoms with van der Waals surface area (Å²) in [6, 6.07) is 10.4. The monoisotopic (exact) mass is 232 g/mol. The van der Waals surface area contributed by atoms with Crippen molar-refractivity contribution < 1.29 is 0 Å². The van der Waals surface area contributed by atoms with Crippen molar-refractivity contribution in [2.75, 3.05) is 0 Å². The fourth-order valence-electron chi connectivity index (χ4n) is 2.71. The lowest BCUT2D eigenvalue weighted by Gasteiger charge is -2.19. The molecule has 2 nitrogen and oxygen atoms in total. The van der Waals surface area contributed by atoms with Crippen molar-refractivity contribution in [1.82, 2.24) is 5.32 Å². The van der Waals surface area contributed by atoms with E-state index < -0.39 is 0 Å². The summed E-state index contributed by atoms with van der Waals surface area (Å²) in [7, 11) is 0. The van der Waals surface area contributed by atoms with E-state index >= 15 is 0 Å². The number of rotatable bonds is 4. The fraction of sp³-hybridized carbons (Fsp3) is 0.600. The SMILES string of the molecule is Cc1ccc(CC(C)N[C@H]2CC[C@@H](N)C2)cc1. The van der Waals surface area contributed by atoms with Crippen LogP contribution < -0.4 is 11.1 Å². The quantitative estimate of drug-likeness (QED) is 0.836. The first kappa shape index (κ1) is 12.6. The van der Waals surface area contributed by atoms with Gasteiger partial charge in [-0.3, -0.25) is 0 Å². The van der Waals surface area contributed by atoms with E-state index in [4.69, 9.17) is 5.73 Å². The van der Waals surface area contributed by atoms with Crippen LogP contribution in [-0.2, 0) is 6.42 Å². The lowest BCUT2D eigenvalue weighted by Crippen LogP contribution is -2.37. The van der Waals surface area contributed by atoms with Gasteiger partial charge in [-0.1, -0.05) is 29.8 Å².